The van der Waals surface area contributed by atoms with E-state index in [1.54, 1.807) is 0 Å². The highest BCUT2D eigenvalue weighted by Gasteiger charge is 2.14. The van der Waals surface area contributed by atoms with E-state index in [2.05, 4.69) is 22.6 Å². The standard InChI is InChI=1S/C25H26N4O2/c1-18-23(19(2)31-28-18)13-14-24(30)26-15-22-17-29(16-20-9-5-3-6-10-20)27-25(22)21-11-7-4-8-12-21/h3-12,17H,13-16H2,1-2H3,(H,26,30). The Balaban J connectivity index is 1.46. The van der Waals surface area contributed by atoms with E-state index in [0.29, 0.717) is 25.9 Å². The lowest BCUT2D eigenvalue weighted by Crippen LogP contribution is -2.23. The zero-order valence-corrected chi connectivity index (χ0v) is 17.8. The van der Waals surface area contributed by atoms with E-state index >= 15 is 0 Å². The van der Waals surface area contributed by atoms with Crippen molar-refractivity contribution in [3.63, 3.8) is 0 Å². The molecule has 0 bridgehead atoms. The van der Waals surface area contributed by atoms with Gasteiger partial charge in [0.25, 0.3) is 0 Å². The monoisotopic (exact) mass is 414 g/mol. The van der Waals surface area contributed by atoms with Crippen LogP contribution in [0.15, 0.2) is 71.4 Å². The minimum absolute atomic E-state index is 0.00480. The third-order valence-corrected chi connectivity index (χ3v) is 5.33. The predicted molar refractivity (Wildman–Crippen MR) is 119 cm³/mol. The van der Waals surface area contributed by atoms with E-state index in [1.165, 1.54) is 5.56 Å². The third-order valence-electron chi connectivity index (χ3n) is 5.33. The van der Waals surface area contributed by atoms with E-state index in [1.807, 2.05) is 73.3 Å². The predicted octanol–water partition coefficient (Wildman–Crippen LogP) is 4.45. The van der Waals surface area contributed by atoms with Crippen molar-refractivity contribution >= 4 is 5.91 Å². The van der Waals surface area contributed by atoms with Crippen molar-refractivity contribution in [1.82, 2.24) is 20.3 Å². The maximum atomic E-state index is 12.5. The van der Waals surface area contributed by atoms with Crippen molar-refractivity contribution in [3.05, 3.63) is 95.0 Å². The number of amides is 1. The highest BCUT2D eigenvalue weighted by Crippen LogP contribution is 2.22. The summed E-state index contributed by atoms with van der Waals surface area (Å²) in [5, 5.41) is 11.8. The van der Waals surface area contributed by atoms with Gasteiger partial charge in [-0.1, -0.05) is 65.8 Å². The fourth-order valence-electron chi connectivity index (χ4n) is 3.66. The lowest BCUT2D eigenvalue weighted by molar-refractivity contribution is -0.121. The van der Waals surface area contributed by atoms with Crippen LogP contribution in [-0.4, -0.2) is 20.8 Å². The summed E-state index contributed by atoms with van der Waals surface area (Å²) in [6.45, 7) is 4.89. The molecule has 6 nitrogen and oxygen atoms in total. The van der Waals surface area contributed by atoms with Crippen LogP contribution in [0.3, 0.4) is 0 Å². The summed E-state index contributed by atoms with van der Waals surface area (Å²) in [4.78, 5) is 12.5. The Kier molecular flexibility index (Phi) is 6.26. The second-order valence-corrected chi connectivity index (χ2v) is 7.63. The first-order valence-corrected chi connectivity index (χ1v) is 10.4. The van der Waals surface area contributed by atoms with Gasteiger partial charge >= 0.3 is 0 Å². The first-order chi connectivity index (χ1) is 15.1. The summed E-state index contributed by atoms with van der Waals surface area (Å²) in [5.74, 6) is 0.772. The molecular formula is C25H26N4O2. The van der Waals surface area contributed by atoms with Crippen LogP contribution < -0.4 is 5.32 Å². The van der Waals surface area contributed by atoms with E-state index in [-0.39, 0.29) is 5.91 Å². The summed E-state index contributed by atoms with van der Waals surface area (Å²) in [6, 6.07) is 20.3. The number of carbonyl (C=O) groups is 1. The van der Waals surface area contributed by atoms with Crippen LogP contribution in [0.25, 0.3) is 11.3 Å². The minimum atomic E-state index is -0.00480. The number of benzene rings is 2. The van der Waals surface area contributed by atoms with Gasteiger partial charge in [-0.25, -0.2) is 0 Å². The number of aromatic nitrogens is 3. The number of rotatable bonds is 8. The number of nitrogens with zero attached hydrogens (tertiary/aromatic N) is 3. The van der Waals surface area contributed by atoms with Gasteiger partial charge in [0.1, 0.15) is 5.76 Å². The lowest BCUT2D eigenvalue weighted by Gasteiger charge is -2.06. The molecule has 4 rings (SSSR count). The van der Waals surface area contributed by atoms with E-state index in [9.17, 15) is 4.79 Å². The van der Waals surface area contributed by atoms with Crippen molar-refractivity contribution in [2.24, 2.45) is 0 Å². The molecule has 0 radical (unpaired) electrons. The molecule has 0 saturated carbocycles. The summed E-state index contributed by atoms with van der Waals surface area (Å²) in [5.41, 5.74) is 5.96. The molecule has 2 heterocycles. The van der Waals surface area contributed by atoms with Gasteiger partial charge in [0.2, 0.25) is 5.91 Å². The molecule has 0 aliphatic heterocycles. The summed E-state index contributed by atoms with van der Waals surface area (Å²) in [6.07, 6.45) is 3.03. The molecule has 158 valence electrons. The Morgan fingerprint density at radius 2 is 1.74 bits per heavy atom. The van der Waals surface area contributed by atoms with Gasteiger partial charge in [0.15, 0.2) is 0 Å². The third kappa shape index (κ3) is 5.09. The highest BCUT2D eigenvalue weighted by atomic mass is 16.5. The first kappa shape index (κ1) is 20.6. The normalized spacial score (nSPS) is 10.9. The smallest absolute Gasteiger partial charge is 0.220 e. The van der Waals surface area contributed by atoms with E-state index in [4.69, 9.17) is 9.62 Å². The molecule has 0 atom stereocenters. The largest absolute Gasteiger partial charge is 0.361 e. The summed E-state index contributed by atoms with van der Waals surface area (Å²) < 4.78 is 7.11. The topological polar surface area (TPSA) is 73.0 Å². The maximum Gasteiger partial charge on any atom is 0.220 e. The maximum absolute atomic E-state index is 12.5. The lowest BCUT2D eigenvalue weighted by atomic mass is 10.1. The highest BCUT2D eigenvalue weighted by molar-refractivity contribution is 5.76. The molecule has 31 heavy (non-hydrogen) atoms. The van der Waals surface area contributed by atoms with E-state index < -0.39 is 0 Å². The second kappa shape index (κ2) is 9.43. The number of carbonyl (C=O) groups excluding carboxylic acids is 1. The van der Waals surface area contributed by atoms with E-state index in [0.717, 1.165) is 33.8 Å². The summed E-state index contributed by atoms with van der Waals surface area (Å²) >= 11 is 0. The van der Waals surface area contributed by atoms with Crippen LogP contribution in [0.4, 0.5) is 0 Å². The molecule has 1 amide bonds. The second-order valence-electron chi connectivity index (χ2n) is 7.63. The Hall–Kier alpha value is -3.67. The zero-order chi connectivity index (χ0) is 21.6. The molecule has 0 fully saturated rings. The Morgan fingerprint density at radius 1 is 1.03 bits per heavy atom. The average Bonchev–Trinajstić information content (AvgIpc) is 3.34. The SMILES string of the molecule is Cc1noc(C)c1CCC(=O)NCc1cn(Cc2ccccc2)nc1-c1ccccc1. The van der Waals surface area contributed by atoms with Crippen LogP contribution in [0, 0.1) is 13.8 Å². The summed E-state index contributed by atoms with van der Waals surface area (Å²) in [7, 11) is 0. The molecule has 2 aromatic carbocycles. The molecule has 0 saturated heterocycles. The Labute approximate surface area is 181 Å². The Bertz CT molecular complexity index is 1130. The van der Waals surface area contributed by atoms with Gasteiger partial charge < -0.3 is 9.84 Å². The van der Waals surface area contributed by atoms with Gasteiger partial charge in [0.05, 0.1) is 17.9 Å². The van der Waals surface area contributed by atoms with Crippen molar-refractivity contribution < 1.29 is 9.32 Å². The van der Waals surface area contributed by atoms with Crippen LogP contribution in [0.5, 0.6) is 0 Å². The fourth-order valence-corrected chi connectivity index (χ4v) is 3.66. The average molecular weight is 415 g/mol. The molecule has 0 aliphatic carbocycles. The Morgan fingerprint density at radius 3 is 2.42 bits per heavy atom. The number of nitrogens with one attached hydrogen (secondary N) is 1. The molecule has 2 aromatic heterocycles. The fraction of sp³-hybridized carbons (Fsp3) is 0.240. The minimum Gasteiger partial charge on any atom is -0.361 e. The molecule has 0 unspecified atom stereocenters. The first-order valence-electron chi connectivity index (χ1n) is 10.4. The molecule has 0 spiro atoms. The molecular weight excluding hydrogens is 388 g/mol. The van der Waals surface area contributed by atoms with Crippen molar-refractivity contribution in [2.45, 2.75) is 39.8 Å². The molecule has 1 N–H and O–H groups in total. The van der Waals surface area contributed by atoms with Gasteiger partial charge in [-0.15, -0.1) is 0 Å². The van der Waals surface area contributed by atoms with Crippen LogP contribution in [0.2, 0.25) is 0 Å². The van der Waals surface area contributed by atoms with Crippen LogP contribution in [-0.2, 0) is 24.3 Å². The van der Waals surface area contributed by atoms with Gasteiger partial charge in [-0.3, -0.25) is 9.48 Å². The van der Waals surface area contributed by atoms with Crippen molar-refractivity contribution in [1.29, 1.82) is 0 Å². The van der Waals surface area contributed by atoms with Gasteiger partial charge in [-0.2, -0.15) is 5.10 Å². The molecule has 0 aliphatic rings. The van der Waals surface area contributed by atoms with Gasteiger partial charge in [0, 0.05) is 35.9 Å². The van der Waals surface area contributed by atoms with Crippen LogP contribution in [0.1, 0.15) is 34.6 Å². The number of aryl methyl sites for hydroxylation is 2. The zero-order valence-electron chi connectivity index (χ0n) is 17.8. The van der Waals surface area contributed by atoms with Crippen molar-refractivity contribution in [2.75, 3.05) is 0 Å². The quantitative estimate of drug-likeness (QED) is 0.462. The number of hydrogen-bond donors (Lipinski definition) is 1. The molecule has 4 aromatic rings. The van der Waals surface area contributed by atoms with Gasteiger partial charge in [-0.05, 0) is 25.8 Å². The van der Waals surface area contributed by atoms with Crippen LogP contribution >= 0.6 is 0 Å². The van der Waals surface area contributed by atoms with Crippen molar-refractivity contribution in [3.8, 4) is 11.3 Å². The molecule has 6 heteroatoms. The number of hydrogen-bond acceptors (Lipinski definition) is 4.